The SMILES string of the molecule is CC(=O)Nc1cccc(C(=NNC(=O)c2ccncc2)C(=O)O)c1. The number of hydrogen-bond acceptors (Lipinski definition) is 5. The molecule has 8 heteroatoms. The molecular formula is C16H14N4O4. The predicted molar refractivity (Wildman–Crippen MR) is 86.6 cm³/mol. The maximum Gasteiger partial charge on any atom is 0.356 e. The van der Waals surface area contributed by atoms with E-state index >= 15 is 0 Å². The fraction of sp³-hybridized carbons (Fsp3) is 0.0625. The van der Waals surface area contributed by atoms with Crippen molar-refractivity contribution in [1.29, 1.82) is 0 Å². The minimum absolute atomic E-state index is 0.240. The molecular weight excluding hydrogens is 312 g/mol. The maximum atomic E-state index is 11.9. The summed E-state index contributed by atoms with van der Waals surface area (Å²) in [5.74, 6) is -2.16. The highest BCUT2D eigenvalue weighted by atomic mass is 16.4. The Balaban J connectivity index is 2.24. The Morgan fingerprint density at radius 2 is 1.79 bits per heavy atom. The zero-order chi connectivity index (χ0) is 17.5. The topological polar surface area (TPSA) is 121 Å². The van der Waals surface area contributed by atoms with Gasteiger partial charge in [-0.15, -0.1) is 0 Å². The molecule has 2 aromatic rings. The van der Waals surface area contributed by atoms with Crippen molar-refractivity contribution in [3.8, 4) is 0 Å². The molecule has 0 aliphatic rings. The van der Waals surface area contributed by atoms with Crippen LogP contribution in [0.15, 0.2) is 53.9 Å². The van der Waals surface area contributed by atoms with Gasteiger partial charge >= 0.3 is 5.97 Å². The number of hydrogen-bond donors (Lipinski definition) is 3. The third-order valence-corrected chi connectivity index (χ3v) is 2.87. The first-order valence-electron chi connectivity index (χ1n) is 6.86. The summed E-state index contributed by atoms with van der Waals surface area (Å²) in [6, 6.07) is 9.10. The Morgan fingerprint density at radius 1 is 1.08 bits per heavy atom. The zero-order valence-corrected chi connectivity index (χ0v) is 12.7. The number of hydrazone groups is 1. The normalized spacial score (nSPS) is 10.8. The molecule has 1 heterocycles. The fourth-order valence-corrected chi connectivity index (χ4v) is 1.86. The van der Waals surface area contributed by atoms with Crippen LogP contribution in [0.2, 0.25) is 0 Å². The Bertz CT molecular complexity index is 803. The van der Waals surface area contributed by atoms with E-state index in [0.29, 0.717) is 11.3 Å². The van der Waals surface area contributed by atoms with E-state index in [0.717, 1.165) is 0 Å². The number of benzene rings is 1. The molecule has 0 saturated carbocycles. The Kier molecular flexibility index (Phi) is 5.35. The van der Waals surface area contributed by atoms with Gasteiger partial charge in [0, 0.05) is 36.1 Å². The lowest BCUT2D eigenvalue weighted by Crippen LogP contribution is -2.24. The van der Waals surface area contributed by atoms with E-state index in [9.17, 15) is 19.5 Å². The lowest BCUT2D eigenvalue weighted by molar-refractivity contribution is -0.129. The molecule has 0 aliphatic heterocycles. The van der Waals surface area contributed by atoms with E-state index in [2.05, 4.69) is 20.8 Å². The largest absolute Gasteiger partial charge is 0.476 e. The number of pyridine rings is 1. The molecule has 0 unspecified atom stereocenters. The highest BCUT2D eigenvalue weighted by Gasteiger charge is 2.14. The monoisotopic (exact) mass is 326 g/mol. The van der Waals surface area contributed by atoms with E-state index in [1.807, 2.05) is 0 Å². The smallest absolute Gasteiger partial charge is 0.356 e. The first-order chi connectivity index (χ1) is 11.5. The second-order valence-corrected chi connectivity index (χ2v) is 4.70. The molecule has 0 saturated heterocycles. The van der Waals surface area contributed by atoms with Crippen molar-refractivity contribution in [1.82, 2.24) is 10.4 Å². The van der Waals surface area contributed by atoms with E-state index in [-0.39, 0.29) is 17.2 Å². The van der Waals surface area contributed by atoms with Crippen LogP contribution in [0, 0.1) is 0 Å². The van der Waals surface area contributed by atoms with Crippen molar-refractivity contribution in [3.05, 3.63) is 59.9 Å². The highest BCUT2D eigenvalue weighted by Crippen LogP contribution is 2.12. The zero-order valence-electron chi connectivity index (χ0n) is 12.7. The molecule has 24 heavy (non-hydrogen) atoms. The van der Waals surface area contributed by atoms with Gasteiger partial charge in [-0.2, -0.15) is 5.10 Å². The van der Waals surface area contributed by atoms with Crippen LogP contribution in [0.5, 0.6) is 0 Å². The number of carboxylic acid groups (broad SMARTS) is 1. The number of carbonyl (C=O) groups is 3. The van der Waals surface area contributed by atoms with Crippen LogP contribution in [-0.4, -0.2) is 33.6 Å². The fourth-order valence-electron chi connectivity index (χ4n) is 1.86. The molecule has 0 aliphatic carbocycles. The molecule has 0 atom stereocenters. The molecule has 1 aromatic carbocycles. The Labute approximate surface area is 137 Å². The second-order valence-electron chi connectivity index (χ2n) is 4.70. The van der Waals surface area contributed by atoms with Gasteiger partial charge in [0.15, 0.2) is 5.71 Å². The van der Waals surface area contributed by atoms with Crippen molar-refractivity contribution in [2.75, 3.05) is 5.32 Å². The van der Waals surface area contributed by atoms with Gasteiger partial charge in [0.2, 0.25) is 5.91 Å². The van der Waals surface area contributed by atoms with Crippen molar-refractivity contribution in [2.45, 2.75) is 6.92 Å². The maximum absolute atomic E-state index is 11.9. The molecule has 8 nitrogen and oxygen atoms in total. The van der Waals surface area contributed by atoms with E-state index in [1.165, 1.54) is 43.6 Å². The minimum Gasteiger partial charge on any atom is -0.476 e. The van der Waals surface area contributed by atoms with Gasteiger partial charge in [0.05, 0.1) is 0 Å². The number of nitrogens with zero attached hydrogens (tertiary/aromatic N) is 2. The van der Waals surface area contributed by atoms with Crippen molar-refractivity contribution < 1.29 is 19.5 Å². The lowest BCUT2D eigenvalue weighted by atomic mass is 10.1. The van der Waals surface area contributed by atoms with E-state index < -0.39 is 11.9 Å². The molecule has 0 bridgehead atoms. The summed E-state index contributed by atoms with van der Waals surface area (Å²) in [6.07, 6.45) is 2.88. The summed E-state index contributed by atoms with van der Waals surface area (Å²) in [4.78, 5) is 38.2. The Morgan fingerprint density at radius 3 is 2.42 bits per heavy atom. The average Bonchev–Trinajstić information content (AvgIpc) is 2.55. The number of amides is 2. The van der Waals surface area contributed by atoms with Crippen molar-refractivity contribution >= 4 is 29.2 Å². The summed E-state index contributed by atoms with van der Waals surface area (Å²) in [7, 11) is 0. The van der Waals surface area contributed by atoms with E-state index in [1.54, 1.807) is 12.1 Å². The summed E-state index contributed by atoms with van der Waals surface area (Å²) < 4.78 is 0. The standard InChI is InChI=1S/C16H14N4O4/c1-10(21)18-13-4-2-3-12(9-13)14(16(23)24)19-20-15(22)11-5-7-17-8-6-11/h2-9H,1H3,(H,18,21)(H,20,22)(H,23,24). The van der Waals surface area contributed by atoms with Crippen LogP contribution in [0.4, 0.5) is 5.69 Å². The number of anilines is 1. The first kappa shape index (κ1) is 16.8. The summed E-state index contributed by atoms with van der Waals surface area (Å²) in [5.41, 5.74) is 2.80. The molecule has 0 radical (unpaired) electrons. The summed E-state index contributed by atoms with van der Waals surface area (Å²) >= 11 is 0. The van der Waals surface area contributed by atoms with Gasteiger partial charge in [-0.05, 0) is 24.3 Å². The van der Waals surface area contributed by atoms with Gasteiger partial charge < -0.3 is 10.4 Å². The molecule has 3 N–H and O–H groups in total. The summed E-state index contributed by atoms with van der Waals surface area (Å²) in [6.45, 7) is 1.34. The first-order valence-corrected chi connectivity index (χ1v) is 6.86. The van der Waals surface area contributed by atoms with Crippen LogP contribution >= 0.6 is 0 Å². The number of aliphatic carboxylic acids is 1. The lowest BCUT2D eigenvalue weighted by Gasteiger charge is -2.06. The molecule has 0 fully saturated rings. The number of aromatic nitrogens is 1. The second kappa shape index (κ2) is 7.63. The molecule has 1 aromatic heterocycles. The third kappa shape index (κ3) is 4.47. The quantitative estimate of drug-likeness (QED) is 0.564. The van der Waals surface area contributed by atoms with Crippen LogP contribution in [0.3, 0.4) is 0 Å². The van der Waals surface area contributed by atoms with Crippen LogP contribution in [-0.2, 0) is 9.59 Å². The summed E-state index contributed by atoms with van der Waals surface area (Å²) in [5, 5.41) is 15.5. The minimum atomic E-state index is -1.31. The molecule has 2 rings (SSSR count). The van der Waals surface area contributed by atoms with Gasteiger partial charge in [-0.3, -0.25) is 14.6 Å². The third-order valence-electron chi connectivity index (χ3n) is 2.87. The van der Waals surface area contributed by atoms with Gasteiger partial charge in [0.25, 0.3) is 5.91 Å². The number of carboxylic acids is 1. The van der Waals surface area contributed by atoms with Crippen LogP contribution in [0.1, 0.15) is 22.8 Å². The van der Waals surface area contributed by atoms with Crippen LogP contribution in [0.25, 0.3) is 0 Å². The van der Waals surface area contributed by atoms with Crippen LogP contribution < -0.4 is 10.7 Å². The van der Waals surface area contributed by atoms with E-state index in [4.69, 9.17) is 0 Å². The van der Waals surface area contributed by atoms with Gasteiger partial charge in [-0.1, -0.05) is 12.1 Å². The average molecular weight is 326 g/mol. The Hall–Kier alpha value is -3.55. The number of nitrogens with one attached hydrogen (secondary N) is 2. The van der Waals surface area contributed by atoms with Gasteiger partial charge in [-0.25, -0.2) is 10.2 Å². The molecule has 0 spiro atoms. The number of carbonyl (C=O) groups excluding carboxylic acids is 2. The molecule has 2 amide bonds. The predicted octanol–water partition coefficient (Wildman–Crippen LogP) is 1.26. The van der Waals surface area contributed by atoms with Gasteiger partial charge in [0.1, 0.15) is 0 Å². The van der Waals surface area contributed by atoms with Crippen molar-refractivity contribution in [3.63, 3.8) is 0 Å². The highest BCUT2D eigenvalue weighted by molar-refractivity contribution is 6.42. The van der Waals surface area contributed by atoms with Crippen molar-refractivity contribution in [2.24, 2.45) is 5.10 Å². The molecule has 122 valence electrons. The number of rotatable bonds is 5.